The van der Waals surface area contributed by atoms with Gasteiger partial charge in [-0.1, -0.05) is 37.3 Å². The normalized spacial score (nSPS) is 12.4. The van der Waals surface area contributed by atoms with E-state index in [0.717, 1.165) is 11.3 Å². The van der Waals surface area contributed by atoms with Gasteiger partial charge in [0.1, 0.15) is 0 Å². The Morgan fingerprint density at radius 2 is 2.04 bits per heavy atom. The number of fused-ring (bicyclic) bond motifs is 1. The van der Waals surface area contributed by atoms with Gasteiger partial charge >= 0.3 is 5.97 Å². The molecule has 0 spiro atoms. The molecule has 1 aromatic carbocycles. The molecule has 0 amide bonds. The minimum atomic E-state index is -0.271. The summed E-state index contributed by atoms with van der Waals surface area (Å²) >= 11 is 1.45. The Balaban J connectivity index is 1.85. The highest BCUT2D eigenvalue weighted by molar-refractivity contribution is 7.15. The Morgan fingerprint density at radius 3 is 2.74 bits per heavy atom. The minimum Gasteiger partial charge on any atom is -0.469 e. The molecule has 3 rings (SSSR count). The van der Waals surface area contributed by atoms with E-state index in [-0.39, 0.29) is 17.4 Å². The predicted octanol–water partition coefficient (Wildman–Crippen LogP) is 2.88. The van der Waals surface area contributed by atoms with Crippen LogP contribution in [-0.2, 0) is 22.6 Å². The second kappa shape index (κ2) is 8.45. The van der Waals surface area contributed by atoms with E-state index in [9.17, 15) is 9.59 Å². The number of aryl methyl sites for hydroxylation is 1. The van der Waals surface area contributed by atoms with Gasteiger partial charge in [-0.25, -0.2) is 4.98 Å². The van der Waals surface area contributed by atoms with Crippen LogP contribution in [0, 0.1) is 12.8 Å². The molecular formula is C20H23N3O3S. The lowest BCUT2D eigenvalue weighted by Gasteiger charge is -2.24. The molecule has 0 fully saturated rings. The number of hydrogen-bond acceptors (Lipinski definition) is 6. The largest absolute Gasteiger partial charge is 0.469 e. The van der Waals surface area contributed by atoms with Gasteiger partial charge in [-0.15, -0.1) is 11.3 Å². The van der Waals surface area contributed by atoms with Gasteiger partial charge in [0.15, 0.2) is 4.96 Å². The molecule has 1 atom stereocenters. The van der Waals surface area contributed by atoms with Gasteiger partial charge in [-0.05, 0) is 12.5 Å². The molecule has 1 unspecified atom stereocenters. The molecule has 142 valence electrons. The summed E-state index contributed by atoms with van der Waals surface area (Å²) in [6.45, 7) is 5.40. The highest BCUT2D eigenvalue weighted by Gasteiger charge is 2.19. The fraction of sp³-hybridized carbons (Fsp3) is 0.350. The van der Waals surface area contributed by atoms with Crippen molar-refractivity contribution in [2.75, 3.05) is 13.7 Å². The third-order valence-corrected chi connectivity index (χ3v) is 5.34. The predicted molar refractivity (Wildman–Crippen MR) is 106 cm³/mol. The molecule has 3 aromatic rings. The monoisotopic (exact) mass is 385 g/mol. The average molecular weight is 385 g/mol. The average Bonchev–Trinajstić information content (AvgIpc) is 3.03. The van der Waals surface area contributed by atoms with Crippen molar-refractivity contribution in [3.63, 3.8) is 0 Å². The summed E-state index contributed by atoms with van der Waals surface area (Å²) < 4.78 is 6.48. The first-order valence-corrected chi connectivity index (χ1v) is 9.66. The number of carbonyl (C=O) groups is 1. The lowest BCUT2D eigenvalue weighted by Crippen LogP contribution is -2.32. The molecule has 0 saturated heterocycles. The minimum absolute atomic E-state index is 0.0746. The van der Waals surface area contributed by atoms with Crippen LogP contribution in [0.2, 0.25) is 0 Å². The number of esters is 1. The molecule has 7 heteroatoms. The summed E-state index contributed by atoms with van der Waals surface area (Å²) in [6.07, 6.45) is 0. The van der Waals surface area contributed by atoms with Crippen LogP contribution in [0.4, 0.5) is 0 Å². The Kier molecular flexibility index (Phi) is 6.03. The smallest absolute Gasteiger partial charge is 0.309 e. The van der Waals surface area contributed by atoms with Crippen LogP contribution in [0.1, 0.15) is 23.9 Å². The maximum absolute atomic E-state index is 12.4. The van der Waals surface area contributed by atoms with E-state index in [0.29, 0.717) is 30.3 Å². The number of benzene rings is 1. The molecule has 0 bridgehead atoms. The topological polar surface area (TPSA) is 63.9 Å². The highest BCUT2D eigenvalue weighted by Crippen LogP contribution is 2.15. The first kappa shape index (κ1) is 19.3. The first-order valence-electron chi connectivity index (χ1n) is 8.79. The third-order valence-electron chi connectivity index (χ3n) is 4.40. The Hall–Kier alpha value is -2.51. The second-order valence-corrected chi connectivity index (χ2v) is 7.50. The van der Waals surface area contributed by atoms with E-state index in [2.05, 4.69) is 9.88 Å². The van der Waals surface area contributed by atoms with Crippen LogP contribution < -0.4 is 5.56 Å². The molecule has 0 aliphatic heterocycles. The van der Waals surface area contributed by atoms with Crippen LogP contribution >= 0.6 is 11.3 Å². The van der Waals surface area contributed by atoms with Crippen molar-refractivity contribution in [1.29, 1.82) is 0 Å². The standard InChI is InChI=1S/C20H23N3O3S/c1-14(19(25)26-3)10-22(11-16-7-5-4-6-8-16)12-17-9-18(24)23-15(2)13-27-20(23)21-17/h4-9,13-14H,10-12H2,1-3H3. The van der Waals surface area contributed by atoms with Crippen molar-refractivity contribution < 1.29 is 9.53 Å². The number of hydrogen-bond donors (Lipinski definition) is 0. The van der Waals surface area contributed by atoms with Gasteiger partial charge in [-0.3, -0.25) is 18.9 Å². The van der Waals surface area contributed by atoms with E-state index >= 15 is 0 Å². The summed E-state index contributed by atoms with van der Waals surface area (Å²) in [4.78, 5) is 31.7. The van der Waals surface area contributed by atoms with Crippen molar-refractivity contribution in [1.82, 2.24) is 14.3 Å². The molecule has 0 aliphatic carbocycles. The molecule has 6 nitrogen and oxygen atoms in total. The number of aromatic nitrogens is 2. The van der Waals surface area contributed by atoms with Gasteiger partial charge in [0.2, 0.25) is 0 Å². The van der Waals surface area contributed by atoms with Crippen molar-refractivity contribution in [2.24, 2.45) is 5.92 Å². The van der Waals surface area contributed by atoms with Crippen molar-refractivity contribution >= 4 is 22.3 Å². The first-order chi connectivity index (χ1) is 13.0. The van der Waals surface area contributed by atoms with Gasteiger partial charge in [-0.2, -0.15) is 0 Å². The lowest BCUT2D eigenvalue weighted by atomic mass is 10.1. The summed E-state index contributed by atoms with van der Waals surface area (Å²) in [5, 5.41) is 1.93. The van der Waals surface area contributed by atoms with Crippen molar-refractivity contribution in [3.05, 3.63) is 69.1 Å². The van der Waals surface area contributed by atoms with E-state index in [1.165, 1.54) is 18.4 Å². The van der Waals surface area contributed by atoms with Crippen molar-refractivity contribution in [2.45, 2.75) is 26.9 Å². The van der Waals surface area contributed by atoms with E-state index in [4.69, 9.17) is 4.74 Å². The Bertz CT molecular complexity index is 981. The summed E-state index contributed by atoms with van der Waals surface area (Å²) in [7, 11) is 1.40. The van der Waals surface area contributed by atoms with E-state index < -0.39 is 0 Å². The van der Waals surface area contributed by atoms with Crippen LogP contribution in [-0.4, -0.2) is 33.9 Å². The molecule has 0 aliphatic rings. The zero-order valence-electron chi connectivity index (χ0n) is 15.7. The summed E-state index contributed by atoms with van der Waals surface area (Å²) in [6, 6.07) is 11.6. The number of carbonyl (C=O) groups excluding carboxylic acids is 1. The fourth-order valence-electron chi connectivity index (χ4n) is 3.10. The Labute approximate surface area is 162 Å². The summed E-state index contributed by atoms with van der Waals surface area (Å²) in [5.74, 6) is -0.516. The summed E-state index contributed by atoms with van der Waals surface area (Å²) in [5.41, 5.74) is 2.66. The number of thiazole rings is 1. The SMILES string of the molecule is COC(=O)C(C)CN(Cc1ccccc1)Cc1cc(=O)n2c(C)csc2n1. The fourth-order valence-corrected chi connectivity index (χ4v) is 3.99. The zero-order chi connectivity index (χ0) is 19.4. The maximum Gasteiger partial charge on any atom is 0.309 e. The zero-order valence-corrected chi connectivity index (χ0v) is 16.5. The van der Waals surface area contributed by atoms with Gasteiger partial charge < -0.3 is 4.74 Å². The third kappa shape index (κ3) is 4.61. The lowest BCUT2D eigenvalue weighted by molar-refractivity contribution is -0.145. The van der Waals surface area contributed by atoms with Crippen LogP contribution in [0.5, 0.6) is 0 Å². The van der Waals surface area contributed by atoms with E-state index in [1.807, 2.05) is 49.6 Å². The van der Waals surface area contributed by atoms with Crippen LogP contribution in [0.25, 0.3) is 4.96 Å². The van der Waals surface area contributed by atoms with Gasteiger partial charge in [0.25, 0.3) is 5.56 Å². The maximum atomic E-state index is 12.4. The Morgan fingerprint density at radius 1 is 1.30 bits per heavy atom. The quantitative estimate of drug-likeness (QED) is 0.585. The van der Waals surface area contributed by atoms with E-state index in [1.54, 1.807) is 10.5 Å². The van der Waals surface area contributed by atoms with Crippen molar-refractivity contribution in [3.8, 4) is 0 Å². The number of nitrogens with zero attached hydrogens (tertiary/aromatic N) is 3. The second-order valence-electron chi connectivity index (χ2n) is 6.66. The number of methoxy groups -OCH3 is 1. The van der Waals surface area contributed by atoms with Crippen LogP contribution in [0.3, 0.4) is 0 Å². The molecule has 0 N–H and O–H groups in total. The van der Waals surface area contributed by atoms with Gasteiger partial charge in [0, 0.05) is 36.8 Å². The number of ether oxygens (including phenoxy) is 1. The van der Waals surface area contributed by atoms with Gasteiger partial charge in [0.05, 0.1) is 18.7 Å². The molecule has 0 saturated carbocycles. The molecular weight excluding hydrogens is 362 g/mol. The molecule has 0 radical (unpaired) electrons. The van der Waals surface area contributed by atoms with Crippen LogP contribution in [0.15, 0.2) is 46.6 Å². The molecule has 27 heavy (non-hydrogen) atoms. The highest BCUT2D eigenvalue weighted by atomic mass is 32.1. The number of rotatable bonds is 7. The molecule has 2 aromatic heterocycles. The molecule has 2 heterocycles.